The summed E-state index contributed by atoms with van der Waals surface area (Å²) in [5, 5.41) is 10.6. The van der Waals surface area contributed by atoms with Gasteiger partial charge in [0.15, 0.2) is 0 Å². The molecule has 0 N–H and O–H groups in total. The van der Waals surface area contributed by atoms with Crippen molar-refractivity contribution in [1.82, 2.24) is 0 Å². The third-order valence-electron chi connectivity index (χ3n) is 3.61. The Kier molecular flexibility index (Phi) is 4.34. The fourth-order valence-electron chi connectivity index (χ4n) is 2.28. The third kappa shape index (κ3) is 3.92. The van der Waals surface area contributed by atoms with Crippen LogP contribution in [-0.2, 0) is 9.47 Å². The van der Waals surface area contributed by atoms with E-state index < -0.39 is 17.0 Å². The van der Waals surface area contributed by atoms with Gasteiger partial charge in [-0.15, -0.1) is 0 Å². The van der Waals surface area contributed by atoms with Gasteiger partial charge in [0.1, 0.15) is 6.10 Å². The number of carbonyl (C=O) groups excluding carboxylic acids is 1. The van der Waals surface area contributed by atoms with Crippen molar-refractivity contribution in [3.63, 3.8) is 0 Å². The Bertz CT molecular complexity index is 695. The SMILES string of the molecule is O=C(O[C@@H](C[C@H]1CO1)c1ccccc1)c1ccc([N+](=O)[O-])cc1. The summed E-state index contributed by atoms with van der Waals surface area (Å²) >= 11 is 0. The van der Waals surface area contributed by atoms with Crippen LogP contribution in [0, 0.1) is 10.1 Å². The van der Waals surface area contributed by atoms with Gasteiger partial charge >= 0.3 is 5.97 Å². The van der Waals surface area contributed by atoms with Crippen LogP contribution in [0.3, 0.4) is 0 Å². The third-order valence-corrected chi connectivity index (χ3v) is 3.61. The molecule has 0 amide bonds. The second-order valence-corrected chi connectivity index (χ2v) is 5.30. The smallest absolute Gasteiger partial charge is 0.338 e. The van der Waals surface area contributed by atoms with Crippen LogP contribution in [0.25, 0.3) is 0 Å². The molecule has 0 spiro atoms. The molecule has 1 heterocycles. The predicted octanol–water partition coefficient (Wildman–Crippen LogP) is 3.28. The highest BCUT2D eigenvalue weighted by Crippen LogP contribution is 2.29. The van der Waals surface area contributed by atoms with Crippen molar-refractivity contribution in [2.75, 3.05) is 6.61 Å². The van der Waals surface area contributed by atoms with E-state index in [-0.39, 0.29) is 17.4 Å². The summed E-state index contributed by atoms with van der Waals surface area (Å²) in [6, 6.07) is 14.8. The van der Waals surface area contributed by atoms with Crippen LogP contribution in [0.4, 0.5) is 5.69 Å². The lowest BCUT2D eigenvalue weighted by molar-refractivity contribution is -0.384. The van der Waals surface area contributed by atoms with E-state index in [4.69, 9.17) is 9.47 Å². The molecule has 6 nitrogen and oxygen atoms in total. The first-order valence-electron chi connectivity index (χ1n) is 7.25. The Labute approximate surface area is 132 Å². The van der Waals surface area contributed by atoms with Gasteiger partial charge < -0.3 is 9.47 Å². The van der Waals surface area contributed by atoms with E-state index in [1.54, 1.807) is 0 Å². The maximum Gasteiger partial charge on any atom is 0.338 e. The van der Waals surface area contributed by atoms with Crippen LogP contribution in [-0.4, -0.2) is 23.6 Å². The zero-order valence-corrected chi connectivity index (χ0v) is 12.3. The first-order chi connectivity index (χ1) is 11.1. The van der Waals surface area contributed by atoms with Crippen LogP contribution in [0.15, 0.2) is 54.6 Å². The summed E-state index contributed by atoms with van der Waals surface area (Å²) in [6.07, 6.45) is 0.319. The predicted molar refractivity (Wildman–Crippen MR) is 82.1 cm³/mol. The van der Waals surface area contributed by atoms with E-state index in [0.29, 0.717) is 13.0 Å². The summed E-state index contributed by atoms with van der Waals surface area (Å²) < 4.78 is 10.8. The number of carbonyl (C=O) groups is 1. The maximum absolute atomic E-state index is 12.3. The van der Waals surface area contributed by atoms with E-state index in [0.717, 1.165) is 5.56 Å². The van der Waals surface area contributed by atoms with Crippen LogP contribution in [0.1, 0.15) is 28.4 Å². The highest BCUT2D eigenvalue weighted by molar-refractivity contribution is 5.89. The Hall–Kier alpha value is -2.73. The van der Waals surface area contributed by atoms with E-state index in [2.05, 4.69) is 0 Å². The van der Waals surface area contributed by atoms with E-state index in [1.165, 1.54) is 24.3 Å². The number of ether oxygens (including phenoxy) is 2. The monoisotopic (exact) mass is 313 g/mol. The molecular weight excluding hydrogens is 298 g/mol. The van der Waals surface area contributed by atoms with Crippen molar-refractivity contribution in [3.05, 3.63) is 75.8 Å². The Morgan fingerprint density at radius 2 is 1.87 bits per heavy atom. The summed E-state index contributed by atoms with van der Waals surface area (Å²) in [4.78, 5) is 22.4. The number of nitro groups is 1. The van der Waals surface area contributed by atoms with Gasteiger partial charge in [0.2, 0.25) is 0 Å². The Morgan fingerprint density at radius 3 is 2.43 bits per heavy atom. The topological polar surface area (TPSA) is 82.0 Å². The number of benzene rings is 2. The van der Waals surface area contributed by atoms with Gasteiger partial charge in [0, 0.05) is 18.6 Å². The molecule has 23 heavy (non-hydrogen) atoms. The fraction of sp³-hybridized carbons (Fsp3) is 0.235. The van der Waals surface area contributed by atoms with Crippen LogP contribution in [0.2, 0.25) is 0 Å². The second kappa shape index (κ2) is 6.58. The minimum atomic E-state index is -0.508. The summed E-state index contributed by atoms with van der Waals surface area (Å²) in [5.41, 5.74) is 1.12. The number of non-ortho nitro benzene ring substituents is 1. The first kappa shape index (κ1) is 15.2. The lowest BCUT2D eigenvalue weighted by atomic mass is 10.0. The average molecular weight is 313 g/mol. The molecule has 0 aliphatic carbocycles. The summed E-state index contributed by atoms with van der Waals surface area (Å²) in [6.45, 7) is 0.679. The fourth-order valence-corrected chi connectivity index (χ4v) is 2.28. The number of rotatable bonds is 6. The van der Waals surface area contributed by atoms with Gasteiger partial charge in [-0.05, 0) is 17.7 Å². The zero-order valence-electron chi connectivity index (χ0n) is 12.3. The van der Waals surface area contributed by atoms with Crippen molar-refractivity contribution >= 4 is 11.7 Å². The molecule has 0 radical (unpaired) electrons. The number of epoxide rings is 1. The molecule has 0 unspecified atom stereocenters. The Balaban J connectivity index is 1.73. The maximum atomic E-state index is 12.3. The molecule has 118 valence electrons. The quantitative estimate of drug-likeness (QED) is 0.354. The standard InChI is InChI=1S/C17H15NO5/c19-17(13-6-8-14(9-7-13)18(20)21)23-16(10-15-11-22-15)12-4-2-1-3-5-12/h1-9,15-16H,10-11H2/t15-,16-/m0/s1. The van der Waals surface area contributed by atoms with Gasteiger partial charge in [-0.2, -0.15) is 0 Å². The Morgan fingerprint density at radius 1 is 1.22 bits per heavy atom. The minimum absolute atomic E-state index is 0.0625. The molecule has 1 saturated heterocycles. The zero-order chi connectivity index (χ0) is 16.2. The second-order valence-electron chi connectivity index (χ2n) is 5.30. The van der Waals surface area contributed by atoms with Gasteiger partial charge in [-0.1, -0.05) is 30.3 Å². The molecule has 3 rings (SSSR count). The number of esters is 1. The van der Waals surface area contributed by atoms with Gasteiger partial charge in [-0.3, -0.25) is 10.1 Å². The van der Waals surface area contributed by atoms with Crippen molar-refractivity contribution in [1.29, 1.82) is 0 Å². The molecular formula is C17H15NO5. The molecule has 0 aromatic heterocycles. The number of nitro benzene ring substituents is 1. The van der Waals surface area contributed by atoms with Crippen molar-refractivity contribution in [3.8, 4) is 0 Å². The molecule has 1 fully saturated rings. The highest BCUT2D eigenvalue weighted by atomic mass is 16.6. The number of nitrogens with zero attached hydrogens (tertiary/aromatic N) is 1. The van der Waals surface area contributed by atoms with Crippen LogP contribution < -0.4 is 0 Å². The molecule has 2 aromatic rings. The molecule has 1 aliphatic rings. The van der Waals surface area contributed by atoms with Crippen LogP contribution in [0.5, 0.6) is 0 Å². The van der Waals surface area contributed by atoms with Crippen molar-refractivity contribution in [2.45, 2.75) is 18.6 Å². The summed E-state index contributed by atoms with van der Waals surface area (Å²) in [5.74, 6) is -0.505. The lowest BCUT2D eigenvalue weighted by Gasteiger charge is -2.17. The highest BCUT2D eigenvalue weighted by Gasteiger charge is 2.30. The van der Waals surface area contributed by atoms with E-state index in [9.17, 15) is 14.9 Å². The number of hydrogen-bond donors (Lipinski definition) is 0. The van der Waals surface area contributed by atoms with Crippen molar-refractivity contribution in [2.24, 2.45) is 0 Å². The van der Waals surface area contributed by atoms with Gasteiger partial charge in [0.25, 0.3) is 5.69 Å². The lowest BCUT2D eigenvalue weighted by Crippen LogP contribution is -2.13. The van der Waals surface area contributed by atoms with E-state index in [1.807, 2.05) is 30.3 Å². The minimum Gasteiger partial charge on any atom is -0.454 e. The molecule has 2 aromatic carbocycles. The van der Waals surface area contributed by atoms with Crippen LogP contribution >= 0.6 is 0 Å². The first-order valence-corrected chi connectivity index (χ1v) is 7.25. The van der Waals surface area contributed by atoms with E-state index >= 15 is 0 Å². The number of hydrogen-bond acceptors (Lipinski definition) is 5. The average Bonchev–Trinajstić information content (AvgIpc) is 3.39. The van der Waals surface area contributed by atoms with Crippen molar-refractivity contribution < 1.29 is 19.2 Å². The normalized spacial score (nSPS) is 17.3. The van der Waals surface area contributed by atoms with Gasteiger partial charge in [0.05, 0.1) is 23.2 Å². The largest absolute Gasteiger partial charge is 0.454 e. The molecule has 6 heteroatoms. The molecule has 2 atom stereocenters. The molecule has 1 aliphatic heterocycles. The summed E-state index contributed by atoms with van der Waals surface area (Å²) in [7, 11) is 0. The van der Waals surface area contributed by atoms with Gasteiger partial charge in [-0.25, -0.2) is 4.79 Å². The molecule has 0 bridgehead atoms. The molecule has 0 saturated carbocycles.